The van der Waals surface area contributed by atoms with Gasteiger partial charge in [0.1, 0.15) is 0 Å². The molecule has 1 fully saturated rings. The third-order valence-electron chi connectivity index (χ3n) is 4.57. The van der Waals surface area contributed by atoms with Crippen molar-refractivity contribution in [2.24, 2.45) is 0 Å². The molecule has 0 amide bonds. The number of hydrogen-bond donors (Lipinski definition) is 0. The molecule has 6 heteroatoms. The van der Waals surface area contributed by atoms with Crippen LogP contribution in [-0.4, -0.2) is 50.9 Å². The molecule has 6 nitrogen and oxygen atoms in total. The van der Waals surface area contributed by atoms with Crippen LogP contribution in [-0.2, 0) is 13.1 Å². The van der Waals surface area contributed by atoms with E-state index in [9.17, 15) is 0 Å². The molecule has 3 aromatic rings. The van der Waals surface area contributed by atoms with E-state index in [-0.39, 0.29) is 0 Å². The van der Waals surface area contributed by atoms with Gasteiger partial charge in [0.15, 0.2) is 5.76 Å². The first-order chi connectivity index (χ1) is 12.3. The lowest BCUT2D eigenvalue weighted by Crippen LogP contribution is -2.45. The van der Waals surface area contributed by atoms with E-state index in [1.807, 2.05) is 42.1 Å². The molecule has 2 aromatic heterocycles. The average molecular weight is 337 g/mol. The Morgan fingerprint density at radius 3 is 2.36 bits per heavy atom. The zero-order chi connectivity index (χ0) is 17.1. The zero-order valence-electron chi connectivity index (χ0n) is 14.5. The van der Waals surface area contributed by atoms with Crippen molar-refractivity contribution < 1.29 is 4.52 Å². The molecular weight excluding hydrogens is 314 g/mol. The molecule has 0 bridgehead atoms. The second-order valence-corrected chi connectivity index (χ2v) is 6.57. The van der Waals surface area contributed by atoms with Gasteiger partial charge >= 0.3 is 0 Å². The van der Waals surface area contributed by atoms with Crippen LogP contribution in [0.3, 0.4) is 0 Å². The van der Waals surface area contributed by atoms with Gasteiger partial charge in [-0.3, -0.25) is 9.80 Å². The van der Waals surface area contributed by atoms with E-state index in [1.54, 1.807) is 0 Å². The summed E-state index contributed by atoms with van der Waals surface area (Å²) in [4.78, 5) is 4.87. The van der Waals surface area contributed by atoms with Crippen LogP contribution in [0.1, 0.15) is 17.1 Å². The Hall–Kier alpha value is -2.44. The van der Waals surface area contributed by atoms with E-state index in [4.69, 9.17) is 9.62 Å². The fourth-order valence-corrected chi connectivity index (χ4v) is 3.22. The van der Waals surface area contributed by atoms with Crippen LogP contribution in [0.25, 0.3) is 5.69 Å². The molecule has 0 aliphatic carbocycles. The van der Waals surface area contributed by atoms with Gasteiger partial charge in [-0.05, 0) is 25.1 Å². The lowest BCUT2D eigenvalue weighted by molar-refractivity contribution is 0.112. The van der Waals surface area contributed by atoms with Gasteiger partial charge in [-0.25, -0.2) is 4.68 Å². The summed E-state index contributed by atoms with van der Waals surface area (Å²) in [6.07, 6.45) is 2.03. The summed E-state index contributed by atoms with van der Waals surface area (Å²) in [5.74, 6) is 0.951. The molecule has 1 aliphatic rings. The van der Waals surface area contributed by atoms with Crippen LogP contribution in [0.15, 0.2) is 53.2 Å². The maximum absolute atomic E-state index is 5.32. The number of nitrogens with zero attached hydrogens (tertiary/aromatic N) is 5. The average Bonchev–Trinajstić information content (AvgIpc) is 3.27. The van der Waals surface area contributed by atoms with Crippen LogP contribution < -0.4 is 0 Å². The number of para-hydroxylation sites is 1. The van der Waals surface area contributed by atoms with Gasteiger partial charge in [0, 0.05) is 45.0 Å². The van der Waals surface area contributed by atoms with Gasteiger partial charge in [0.05, 0.1) is 23.6 Å². The van der Waals surface area contributed by atoms with Gasteiger partial charge in [-0.2, -0.15) is 5.10 Å². The summed E-state index contributed by atoms with van der Waals surface area (Å²) in [6.45, 7) is 7.88. The van der Waals surface area contributed by atoms with Crippen LogP contribution in [0.4, 0.5) is 0 Å². The van der Waals surface area contributed by atoms with E-state index in [2.05, 4.69) is 33.2 Å². The maximum atomic E-state index is 5.32. The monoisotopic (exact) mass is 337 g/mol. The molecule has 1 aromatic carbocycles. The number of aryl methyl sites for hydroxylation is 1. The highest BCUT2D eigenvalue weighted by Crippen LogP contribution is 2.13. The van der Waals surface area contributed by atoms with E-state index in [0.29, 0.717) is 0 Å². The summed E-state index contributed by atoms with van der Waals surface area (Å²) in [7, 11) is 0. The third-order valence-corrected chi connectivity index (χ3v) is 4.57. The van der Waals surface area contributed by atoms with E-state index in [0.717, 1.165) is 62.1 Å². The number of aromatic nitrogens is 3. The minimum Gasteiger partial charge on any atom is -0.360 e. The normalized spacial score (nSPS) is 16.4. The second-order valence-electron chi connectivity index (χ2n) is 6.57. The number of benzene rings is 1. The summed E-state index contributed by atoms with van der Waals surface area (Å²) in [5, 5.41) is 8.66. The summed E-state index contributed by atoms with van der Waals surface area (Å²) in [5.41, 5.74) is 3.16. The largest absolute Gasteiger partial charge is 0.360 e. The predicted octanol–water partition coefficient (Wildman–Crippen LogP) is 2.49. The quantitative estimate of drug-likeness (QED) is 0.716. The SMILES string of the molecule is Cc1cc(CN2CCN(Cc3ccn(-c4ccccc4)n3)CC2)on1. The van der Waals surface area contributed by atoms with E-state index >= 15 is 0 Å². The van der Waals surface area contributed by atoms with Gasteiger partial charge in [-0.15, -0.1) is 0 Å². The molecule has 0 N–H and O–H groups in total. The van der Waals surface area contributed by atoms with Crippen LogP contribution in [0, 0.1) is 6.92 Å². The molecule has 0 atom stereocenters. The van der Waals surface area contributed by atoms with Gasteiger partial charge in [-0.1, -0.05) is 23.4 Å². The first kappa shape index (κ1) is 16.1. The Morgan fingerprint density at radius 1 is 0.960 bits per heavy atom. The maximum Gasteiger partial charge on any atom is 0.150 e. The third kappa shape index (κ3) is 3.97. The summed E-state index contributed by atoms with van der Waals surface area (Å²) >= 11 is 0. The first-order valence-electron chi connectivity index (χ1n) is 8.73. The van der Waals surface area contributed by atoms with Gasteiger partial charge < -0.3 is 4.52 Å². The molecule has 130 valence electrons. The molecule has 3 heterocycles. The van der Waals surface area contributed by atoms with Crippen LogP contribution >= 0.6 is 0 Å². The molecule has 25 heavy (non-hydrogen) atoms. The molecule has 0 unspecified atom stereocenters. The Balaban J connectivity index is 1.29. The van der Waals surface area contributed by atoms with Crippen molar-refractivity contribution >= 4 is 0 Å². The highest BCUT2D eigenvalue weighted by molar-refractivity contribution is 5.30. The summed E-state index contributed by atoms with van der Waals surface area (Å²) in [6, 6.07) is 14.4. The van der Waals surface area contributed by atoms with Crippen molar-refractivity contribution in [2.75, 3.05) is 26.2 Å². The molecule has 0 saturated carbocycles. The van der Waals surface area contributed by atoms with Crippen LogP contribution in [0.5, 0.6) is 0 Å². The number of piperazine rings is 1. The Labute approximate surface area is 147 Å². The fraction of sp³-hybridized carbons (Fsp3) is 0.368. The molecule has 1 aliphatic heterocycles. The zero-order valence-corrected chi connectivity index (χ0v) is 14.5. The second kappa shape index (κ2) is 7.21. The predicted molar refractivity (Wildman–Crippen MR) is 95.4 cm³/mol. The van der Waals surface area contributed by atoms with Gasteiger partial charge in [0.25, 0.3) is 0 Å². The summed E-state index contributed by atoms with van der Waals surface area (Å²) < 4.78 is 7.26. The standard InChI is InChI=1S/C19H23N5O/c1-16-13-19(25-21-16)15-23-11-9-22(10-12-23)14-17-7-8-24(20-17)18-5-3-2-4-6-18/h2-8,13H,9-12,14-15H2,1H3. The highest BCUT2D eigenvalue weighted by atomic mass is 16.5. The van der Waals surface area contributed by atoms with Crippen molar-refractivity contribution in [2.45, 2.75) is 20.0 Å². The lowest BCUT2D eigenvalue weighted by atomic mass is 10.2. The first-order valence-corrected chi connectivity index (χ1v) is 8.73. The van der Waals surface area contributed by atoms with Crippen LogP contribution in [0.2, 0.25) is 0 Å². The fourth-order valence-electron chi connectivity index (χ4n) is 3.22. The number of rotatable bonds is 5. The Morgan fingerprint density at radius 2 is 1.68 bits per heavy atom. The molecule has 0 radical (unpaired) electrons. The van der Waals surface area contributed by atoms with Crippen molar-refractivity contribution in [1.82, 2.24) is 24.7 Å². The van der Waals surface area contributed by atoms with E-state index in [1.165, 1.54) is 0 Å². The molecular formula is C19H23N5O. The van der Waals surface area contributed by atoms with Crippen molar-refractivity contribution in [3.63, 3.8) is 0 Å². The molecule has 4 rings (SSSR count). The molecule has 1 saturated heterocycles. The smallest absolute Gasteiger partial charge is 0.150 e. The van der Waals surface area contributed by atoms with Crippen molar-refractivity contribution in [3.8, 4) is 5.69 Å². The number of hydrogen-bond acceptors (Lipinski definition) is 5. The minimum absolute atomic E-state index is 0.845. The van der Waals surface area contributed by atoms with Crippen molar-refractivity contribution in [3.05, 3.63) is 65.8 Å². The minimum atomic E-state index is 0.845. The Kier molecular flexibility index (Phi) is 4.63. The highest BCUT2D eigenvalue weighted by Gasteiger charge is 2.19. The van der Waals surface area contributed by atoms with Crippen molar-refractivity contribution in [1.29, 1.82) is 0 Å². The molecule has 0 spiro atoms. The van der Waals surface area contributed by atoms with E-state index < -0.39 is 0 Å². The Bertz CT molecular complexity index is 802. The topological polar surface area (TPSA) is 50.3 Å². The van der Waals surface area contributed by atoms with Gasteiger partial charge in [0.2, 0.25) is 0 Å². The lowest BCUT2D eigenvalue weighted by Gasteiger charge is -2.33.